The van der Waals surface area contributed by atoms with Crippen LogP contribution in [-0.2, 0) is 4.79 Å². The lowest BCUT2D eigenvalue weighted by Gasteiger charge is -2.29. The highest BCUT2D eigenvalue weighted by Crippen LogP contribution is 2.33. The van der Waals surface area contributed by atoms with Gasteiger partial charge in [0.15, 0.2) is 0 Å². The molecule has 0 N–H and O–H groups in total. The van der Waals surface area contributed by atoms with E-state index in [1.54, 1.807) is 0 Å². The second kappa shape index (κ2) is 5.41. The van der Waals surface area contributed by atoms with Gasteiger partial charge in [-0.1, -0.05) is 39.5 Å². The van der Waals surface area contributed by atoms with Crippen LogP contribution in [0.25, 0.3) is 0 Å². The quantitative estimate of drug-likeness (QED) is 0.649. The van der Waals surface area contributed by atoms with Gasteiger partial charge in [-0.3, -0.25) is 4.79 Å². The zero-order chi connectivity index (χ0) is 9.68. The van der Waals surface area contributed by atoms with Crippen molar-refractivity contribution in [2.24, 2.45) is 11.8 Å². The molecule has 0 aromatic rings. The van der Waals surface area contributed by atoms with E-state index in [9.17, 15) is 4.79 Å². The normalized spacial score (nSPS) is 29.2. The van der Waals surface area contributed by atoms with Crippen LogP contribution in [0.4, 0.5) is 0 Å². The Kier molecular flexibility index (Phi) is 4.47. The van der Waals surface area contributed by atoms with Crippen LogP contribution in [0.2, 0.25) is 0 Å². The van der Waals surface area contributed by atoms with Gasteiger partial charge in [-0.15, -0.1) is 0 Å². The number of carbonyl (C=O) groups is 1. The van der Waals surface area contributed by atoms with Gasteiger partial charge in [0.25, 0.3) is 0 Å². The Morgan fingerprint density at radius 3 is 2.69 bits per heavy atom. The highest BCUT2D eigenvalue weighted by atomic mass is 16.1. The van der Waals surface area contributed by atoms with Crippen molar-refractivity contribution in [1.29, 1.82) is 0 Å². The largest absolute Gasteiger partial charge is 0.300 e. The molecule has 0 aromatic heterocycles. The van der Waals surface area contributed by atoms with Crippen molar-refractivity contribution in [2.45, 2.75) is 58.8 Å². The molecule has 0 aromatic carbocycles. The van der Waals surface area contributed by atoms with Crippen LogP contribution in [0, 0.1) is 11.8 Å². The Balaban J connectivity index is 2.38. The summed E-state index contributed by atoms with van der Waals surface area (Å²) in [5, 5.41) is 0. The Bertz CT molecular complexity index is 163. The molecule has 0 bridgehead atoms. The molecule has 0 saturated heterocycles. The molecule has 1 rings (SSSR count). The van der Waals surface area contributed by atoms with E-state index in [4.69, 9.17) is 0 Å². The fourth-order valence-electron chi connectivity index (χ4n) is 2.47. The third kappa shape index (κ3) is 3.13. The van der Waals surface area contributed by atoms with Gasteiger partial charge in [-0.05, 0) is 18.3 Å². The average Bonchev–Trinajstić information content (AvgIpc) is 2.16. The summed E-state index contributed by atoms with van der Waals surface area (Å²) in [5.74, 6) is 2.05. The molecule has 1 fully saturated rings. The summed E-state index contributed by atoms with van der Waals surface area (Å²) in [6.45, 7) is 4.47. The zero-order valence-corrected chi connectivity index (χ0v) is 9.01. The second-order valence-corrected chi connectivity index (χ2v) is 4.35. The van der Waals surface area contributed by atoms with E-state index in [2.05, 4.69) is 13.8 Å². The lowest BCUT2D eigenvalue weighted by atomic mass is 9.75. The van der Waals surface area contributed by atoms with Crippen molar-refractivity contribution in [1.82, 2.24) is 0 Å². The molecule has 1 heteroatoms. The van der Waals surface area contributed by atoms with Gasteiger partial charge in [0.2, 0.25) is 0 Å². The molecule has 0 unspecified atom stereocenters. The Labute approximate surface area is 81.9 Å². The lowest BCUT2D eigenvalue weighted by molar-refractivity contribution is -0.122. The Morgan fingerprint density at radius 2 is 2.08 bits per heavy atom. The summed E-state index contributed by atoms with van der Waals surface area (Å²) in [7, 11) is 0. The minimum Gasteiger partial charge on any atom is -0.300 e. The molecule has 0 heterocycles. The van der Waals surface area contributed by atoms with E-state index in [0.717, 1.165) is 25.2 Å². The number of hydrogen-bond acceptors (Lipinski definition) is 1. The topological polar surface area (TPSA) is 17.1 Å². The molecule has 0 amide bonds. The van der Waals surface area contributed by atoms with Crippen LogP contribution < -0.4 is 0 Å². The van der Waals surface area contributed by atoms with Gasteiger partial charge in [-0.2, -0.15) is 0 Å². The standard InChI is InChI=1S/C12H22O/c1-3-5-6-11-7-8-12(13)9-10(11)4-2/h10-11H,3-9H2,1-2H3/t10-,11+/m1/s1. The first-order valence-electron chi connectivity index (χ1n) is 5.79. The van der Waals surface area contributed by atoms with E-state index < -0.39 is 0 Å². The molecule has 0 aliphatic heterocycles. The van der Waals surface area contributed by atoms with Crippen molar-refractivity contribution in [3.05, 3.63) is 0 Å². The first-order chi connectivity index (χ1) is 6.27. The first kappa shape index (κ1) is 10.7. The average molecular weight is 182 g/mol. The third-order valence-corrected chi connectivity index (χ3v) is 3.40. The van der Waals surface area contributed by atoms with Gasteiger partial charge in [-0.25, -0.2) is 0 Å². The monoisotopic (exact) mass is 182 g/mol. The molecule has 1 nitrogen and oxygen atoms in total. The number of unbranched alkanes of at least 4 members (excludes halogenated alkanes) is 1. The van der Waals surface area contributed by atoms with Crippen molar-refractivity contribution in [3.63, 3.8) is 0 Å². The summed E-state index contributed by atoms with van der Waals surface area (Å²) in [5.41, 5.74) is 0. The van der Waals surface area contributed by atoms with Crippen LogP contribution in [-0.4, -0.2) is 5.78 Å². The van der Waals surface area contributed by atoms with Crippen LogP contribution in [0.1, 0.15) is 58.8 Å². The van der Waals surface area contributed by atoms with Crippen LogP contribution in [0.5, 0.6) is 0 Å². The summed E-state index contributed by atoms with van der Waals surface area (Å²) in [6, 6.07) is 0. The fraction of sp³-hybridized carbons (Fsp3) is 0.917. The molecule has 1 aliphatic rings. The molecular formula is C12H22O. The Morgan fingerprint density at radius 1 is 1.31 bits per heavy atom. The molecule has 13 heavy (non-hydrogen) atoms. The minimum absolute atomic E-state index is 0.500. The number of ketones is 1. The fourth-order valence-corrected chi connectivity index (χ4v) is 2.47. The van der Waals surface area contributed by atoms with Crippen LogP contribution in [0.15, 0.2) is 0 Å². The van der Waals surface area contributed by atoms with E-state index in [1.165, 1.54) is 25.7 Å². The maximum absolute atomic E-state index is 11.3. The zero-order valence-electron chi connectivity index (χ0n) is 9.01. The van der Waals surface area contributed by atoms with Crippen molar-refractivity contribution in [2.75, 3.05) is 0 Å². The third-order valence-electron chi connectivity index (χ3n) is 3.40. The summed E-state index contributed by atoms with van der Waals surface area (Å²) >= 11 is 0. The van der Waals surface area contributed by atoms with Crippen LogP contribution >= 0.6 is 0 Å². The number of rotatable bonds is 4. The highest BCUT2D eigenvalue weighted by Gasteiger charge is 2.27. The molecule has 1 aliphatic carbocycles. The molecule has 2 atom stereocenters. The predicted octanol–water partition coefficient (Wildman–Crippen LogP) is 3.57. The van der Waals surface area contributed by atoms with E-state index in [-0.39, 0.29) is 0 Å². The molecule has 76 valence electrons. The van der Waals surface area contributed by atoms with E-state index in [0.29, 0.717) is 11.7 Å². The van der Waals surface area contributed by atoms with Gasteiger partial charge >= 0.3 is 0 Å². The lowest BCUT2D eigenvalue weighted by Crippen LogP contribution is -2.24. The maximum atomic E-state index is 11.3. The Hall–Kier alpha value is -0.330. The van der Waals surface area contributed by atoms with E-state index in [1.807, 2.05) is 0 Å². The maximum Gasteiger partial charge on any atom is 0.133 e. The number of Topliss-reactive ketones (excluding diaryl/α,β-unsaturated/α-hetero) is 1. The van der Waals surface area contributed by atoms with Gasteiger partial charge in [0.05, 0.1) is 0 Å². The molecular weight excluding hydrogens is 160 g/mol. The van der Waals surface area contributed by atoms with Crippen LogP contribution in [0.3, 0.4) is 0 Å². The van der Waals surface area contributed by atoms with Crippen molar-refractivity contribution < 1.29 is 4.79 Å². The second-order valence-electron chi connectivity index (χ2n) is 4.35. The predicted molar refractivity (Wildman–Crippen MR) is 55.7 cm³/mol. The van der Waals surface area contributed by atoms with Crippen molar-refractivity contribution in [3.8, 4) is 0 Å². The van der Waals surface area contributed by atoms with Gasteiger partial charge in [0.1, 0.15) is 5.78 Å². The minimum atomic E-state index is 0.500. The summed E-state index contributed by atoms with van der Waals surface area (Å²) in [4.78, 5) is 11.3. The smallest absolute Gasteiger partial charge is 0.133 e. The van der Waals surface area contributed by atoms with Crippen molar-refractivity contribution >= 4 is 5.78 Å². The van der Waals surface area contributed by atoms with E-state index >= 15 is 0 Å². The molecule has 0 radical (unpaired) electrons. The number of hydrogen-bond donors (Lipinski definition) is 0. The van der Waals surface area contributed by atoms with Gasteiger partial charge in [0, 0.05) is 12.8 Å². The summed E-state index contributed by atoms with van der Waals surface area (Å²) < 4.78 is 0. The molecule has 1 saturated carbocycles. The number of carbonyl (C=O) groups excluding carboxylic acids is 1. The first-order valence-corrected chi connectivity index (χ1v) is 5.79. The SMILES string of the molecule is CCCC[C@H]1CCC(=O)C[C@H]1CC. The molecule has 0 spiro atoms. The van der Waals surface area contributed by atoms with Gasteiger partial charge < -0.3 is 0 Å². The highest BCUT2D eigenvalue weighted by molar-refractivity contribution is 5.79. The summed E-state index contributed by atoms with van der Waals surface area (Å²) in [6.07, 6.45) is 8.06.